The van der Waals surface area contributed by atoms with Gasteiger partial charge in [-0.1, -0.05) is 0 Å². The summed E-state index contributed by atoms with van der Waals surface area (Å²) in [6.07, 6.45) is -4.54. The summed E-state index contributed by atoms with van der Waals surface area (Å²) in [5.74, 6) is -2.35. The Morgan fingerprint density at radius 1 is 1.09 bits per heavy atom. The Hall–Kier alpha value is -2.78. The van der Waals surface area contributed by atoms with Gasteiger partial charge < -0.3 is 20.5 Å². The molecule has 1 rings (SSSR count). The molecule has 0 radical (unpaired) electrons. The molecule has 0 aliphatic rings. The lowest BCUT2D eigenvalue weighted by molar-refractivity contribution is -0.140. The second kappa shape index (κ2) is 8.01. The van der Waals surface area contributed by atoms with Crippen LogP contribution in [0, 0.1) is 0 Å². The van der Waals surface area contributed by atoms with Gasteiger partial charge in [0.15, 0.2) is 13.2 Å². The SMILES string of the molecule is NC(=O)COc1ccc(C(=O)OCC(=O)NCC(F)(F)F)cc1. The Kier molecular flexibility index (Phi) is 6.36. The number of amides is 2. The van der Waals surface area contributed by atoms with E-state index in [1.807, 2.05) is 0 Å². The predicted molar refractivity (Wildman–Crippen MR) is 70.5 cm³/mol. The number of rotatable bonds is 7. The fourth-order valence-electron chi connectivity index (χ4n) is 1.31. The summed E-state index contributed by atoms with van der Waals surface area (Å²) in [6, 6.07) is 5.32. The van der Waals surface area contributed by atoms with Gasteiger partial charge in [0.25, 0.3) is 11.8 Å². The first kappa shape index (κ1) is 18.3. The molecular weight excluding hydrogens is 321 g/mol. The molecule has 10 heteroatoms. The zero-order valence-electron chi connectivity index (χ0n) is 11.7. The van der Waals surface area contributed by atoms with Gasteiger partial charge in [-0.15, -0.1) is 0 Å². The van der Waals surface area contributed by atoms with Crippen LogP contribution in [0.3, 0.4) is 0 Å². The van der Waals surface area contributed by atoms with Crippen LogP contribution < -0.4 is 15.8 Å². The standard InChI is InChI=1S/C13H13F3N2O5/c14-13(15,16)7-18-11(20)6-23-12(21)8-1-3-9(4-2-8)22-5-10(17)19/h1-4H,5-7H2,(H2,17,19)(H,18,20). The third-order valence-corrected chi connectivity index (χ3v) is 2.29. The molecule has 0 atom stereocenters. The van der Waals surface area contributed by atoms with E-state index in [9.17, 15) is 27.6 Å². The van der Waals surface area contributed by atoms with Gasteiger partial charge in [0, 0.05) is 0 Å². The van der Waals surface area contributed by atoms with Crippen LogP contribution >= 0.6 is 0 Å². The molecular formula is C13H13F3N2O5. The Balaban J connectivity index is 2.42. The molecule has 0 saturated heterocycles. The molecule has 0 bridgehead atoms. The molecule has 2 amide bonds. The lowest BCUT2D eigenvalue weighted by Gasteiger charge is -2.09. The highest BCUT2D eigenvalue weighted by Crippen LogP contribution is 2.13. The third-order valence-electron chi connectivity index (χ3n) is 2.29. The van der Waals surface area contributed by atoms with E-state index in [-0.39, 0.29) is 17.9 Å². The number of carbonyl (C=O) groups is 3. The zero-order valence-corrected chi connectivity index (χ0v) is 11.7. The monoisotopic (exact) mass is 334 g/mol. The highest BCUT2D eigenvalue weighted by Gasteiger charge is 2.27. The molecule has 23 heavy (non-hydrogen) atoms. The lowest BCUT2D eigenvalue weighted by atomic mass is 10.2. The Bertz CT molecular complexity index is 572. The summed E-state index contributed by atoms with van der Waals surface area (Å²) in [5, 5.41) is 1.56. The van der Waals surface area contributed by atoms with Gasteiger partial charge in [-0.3, -0.25) is 9.59 Å². The molecule has 0 fully saturated rings. The topological polar surface area (TPSA) is 108 Å². The van der Waals surface area contributed by atoms with Crippen molar-refractivity contribution in [2.45, 2.75) is 6.18 Å². The molecule has 7 nitrogen and oxygen atoms in total. The quantitative estimate of drug-likeness (QED) is 0.701. The first-order chi connectivity index (χ1) is 10.7. The molecule has 0 aliphatic heterocycles. The molecule has 0 aliphatic carbocycles. The minimum atomic E-state index is -4.54. The smallest absolute Gasteiger partial charge is 0.405 e. The second-order valence-electron chi connectivity index (χ2n) is 4.25. The first-order valence-electron chi connectivity index (χ1n) is 6.19. The summed E-state index contributed by atoms with van der Waals surface area (Å²) >= 11 is 0. The van der Waals surface area contributed by atoms with Crippen LogP contribution in [-0.4, -0.2) is 43.7 Å². The minimum Gasteiger partial charge on any atom is -0.484 e. The van der Waals surface area contributed by atoms with Gasteiger partial charge in [-0.05, 0) is 24.3 Å². The molecule has 0 spiro atoms. The van der Waals surface area contributed by atoms with E-state index in [0.717, 1.165) is 0 Å². The van der Waals surface area contributed by atoms with E-state index in [1.165, 1.54) is 24.3 Å². The number of benzene rings is 1. The van der Waals surface area contributed by atoms with E-state index in [2.05, 4.69) is 4.74 Å². The molecule has 0 aromatic heterocycles. The lowest BCUT2D eigenvalue weighted by Crippen LogP contribution is -2.36. The molecule has 126 valence electrons. The van der Waals surface area contributed by atoms with E-state index in [0.29, 0.717) is 0 Å². The Labute approximate surface area is 128 Å². The number of hydrogen-bond donors (Lipinski definition) is 2. The number of primary amides is 1. The normalized spacial score (nSPS) is 10.7. The van der Waals surface area contributed by atoms with Crippen LogP contribution in [0.25, 0.3) is 0 Å². The average molecular weight is 334 g/mol. The minimum absolute atomic E-state index is 0.0556. The van der Waals surface area contributed by atoms with Gasteiger partial charge in [0.2, 0.25) is 0 Å². The van der Waals surface area contributed by atoms with Crippen molar-refractivity contribution < 1.29 is 37.0 Å². The predicted octanol–water partition coefficient (Wildman–Crippen LogP) is 0.386. The Morgan fingerprint density at radius 3 is 2.22 bits per heavy atom. The molecule has 1 aromatic carbocycles. The van der Waals surface area contributed by atoms with Crippen molar-refractivity contribution in [2.24, 2.45) is 5.73 Å². The van der Waals surface area contributed by atoms with Crippen LogP contribution in [0.1, 0.15) is 10.4 Å². The maximum Gasteiger partial charge on any atom is 0.405 e. The molecule has 1 aromatic rings. The van der Waals surface area contributed by atoms with Crippen LogP contribution in [0.2, 0.25) is 0 Å². The fraction of sp³-hybridized carbons (Fsp3) is 0.308. The highest BCUT2D eigenvalue weighted by molar-refractivity contribution is 5.91. The third kappa shape index (κ3) is 7.69. The van der Waals surface area contributed by atoms with Crippen molar-refractivity contribution in [1.82, 2.24) is 5.32 Å². The summed E-state index contributed by atoms with van der Waals surface area (Å²) in [5.41, 5.74) is 4.95. The van der Waals surface area contributed by atoms with Crippen molar-refractivity contribution in [2.75, 3.05) is 19.8 Å². The molecule has 0 heterocycles. The molecule has 0 saturated carbocycles. The van der Waals surface area contributed by atoms with E-state index in [1.54, 1.807) is 5.32 Å². The fourth-order valence-corrected chi connectivity index (χ4v) is 1.31. The second-order valence-corrected chi connectivity index (χ2v) is 4.25. The van der Waals surface area contributed by atoms with Crippen molar-refractivity contribution >= 4 is 17.8 Å². The molecule has 0 unspecified atom stereocenters. The van der Waals surface area contributed by atoms with Gasteiger partial charge in [0.05, 0.1) is 5.56 Å². The molecule has 3 N–H and O–H groups in total. The van der Waals surface area contributed by atoms with Crippen LogP contribution in [0.15, 0.2) is 24.3 Å². The number of alkyl halides is 3. The highest BCUT2D eigenvalue weighted by atomic mass is 19.4. The van der Waals surface area contributed by atoms with Crippen LogP contribution in [0.4, 0.5) is 13.2 Å². The summed E-state index contributed by atoms with van der Waals surface area (Å²) in [7, 11) is 0. The number of halogens is 3. The summed E-state index contributed by atoms with van der Waals surface area (Å²) in [6.45, 7) is -2.67. The number of esters is 1. The van der Waals surface area contributed by atoms with Gasteiger partial charge in [-0.25, -0.2) is 4.79 Å². The van der Waals surface area contributed by atoms with E-state index in [4.69, 9.17) is 10.5 Å². The van der Waals surface area contributed by atoms with Crippen molar-refractivity contribution in [1.29, 1.82) is 0 Å². The van der Waals surface area contributed by atoms with Gasteiger partial charge in [-0.2, -0.15) is 13.2 Å². The largest absolute Gasteiger partial charge is 0.484 e. The van der Waals surface area contributed by atoms with Crippen molar-refractivity contribution in [3.63, 3.8) is 0 Å². The zero-order chi connectivity index (χ0) is 17.5. The van der Waals surface area contributed by atoms with Gasteiger partial charge in [0.1, 0.15) is 12.3 Å². The van der Waals surface area contributed by atoms with Crippen LogP contribution in [-0.2, 0) is 14.3 Å². The number of ether oxygens (including phenoxy) is 2. The number of hydrogen-bond acceptors (Lipinski definition) is 5. The van der Waals surface area contributed by atoms with Crippen LogP contribution in [0.5, 0.6) is 5.75 Å². The number of carbonyl (C=O) groups excluding carboxylic acids is 3. The summed E-state index contributed by atoms with van der Waals surface area (Å²) < 4.78 is 45.1. The first-order valence-corrected chi connectivity index (χ1v) is 6.19. The summed E-state index contributed by atoms with van der Waals surface area (Å²) in [4.78, 5) is 33.2. The van der Waals surface area contributed by atoms with E-state index >= 15 is 0 Å². The number of nitrogens with one attached hydrogen (secondary N) is 1. The van der Waals surface area contributed by atoms with Crippen molar-refractivity contribution in [3.8, 4) is 5.75 Å². The maximum absolute atomic E-state index is 11.9. The maximum atomic E-state index is 11.9. The van der Waals surface area contributed by atoms with E-state index < -0.39 is 37.1 Å². The number of nitrogens with two attached hydrogens (primary N) is 1. The Morgan fingerprint density at radius 2 is 1.70 bits per heavy atom. The van der Waals surface area contributed by atoms with Gasteiger partial charge >= 0.3 is 12.1 Å². The average Bonchev–Trinajstić information content (AvgIpc) is 2.48. The van der Waals surface area contributed by atoms with Crippen molar-refractivity contribution in [3.05, 3.63) is 29.8 Å².